The van der Waals surface area contributed by atoms with E-state index < -0.39 is 11.7 Å². The number of halogens is 4. The molecule has 3 nitrogen and oxygen atoms in total. The highest BCUT2D eigenvalue weighted by atomic mass is 35.5. The topological polar surface area (TPSA) is 59.0 Å². The van der Waals surface area contributed by atoms with Crippen LogP contribution in [0.2, 0.25) is 5.02 Å². The number of rotatable bonds is 2. The summed E-state index contributed by atoms with van der Waals surface area (Å²) in [5, 5.41) is 8.88. The lowest BCUT2D eigenvalue weighted by molar-refractivity contribution is -0.137. The lowest BCUT2D eigenvalue weighted by Gasteiger charge is -2.12. The normalized spacial score (nSPS) is 11.0. The van der Waals surface area contributed by atoms with Crippen LogP contribution in [-0.4, -0.2) is 0 Å². The summed E-state index contributed by atoms with van der Waals surface area (Å²) in [6.45, 7) is 0. The van der Waals surface area contributed by atoms with E-state index in [4.69, 9.17) is 27.3 Å². The first-order valence-electron chi connectivity index (χ1n) is 5.65. The summed E-state index contributed by atoms with van der Waals surface area (Å²) in [6, 6.07) is 8.97. The Morgan fingerprint density at radius 2 is 1.76 bits per heavy atom. The van der Waals surface area contributed by atoms with E-state index in [0.717, 1.165) is 18.2 Å². The van der Waals surface area contributed by atoms with Gasteiger partial charge in [0.05, 0.1) is 27.9 Å². The van der Waals surface area contributed by atoms with Crippen molar-refractivity contribution < 1.29 is 17.9 Å². The monoisotopic (exact) mass is 312 g/mol. The number of ether oxygens (including phenoxy) is 1. The average Bonchev–Trinajstić information content (AvgIpc) is 2.41. The molecular weight excluding hydrogens is 305 g/mol. The zero-order chi connectivity index (χ0) is 15.6. The molecule has 0 radical (unpaired) electrons. The van der Waals surface area contributed by atoms with Crippen LogP contribution in [0, 0.1) is 11.3 Å². The van der Waals surface area contributed by atoms with Gasteiger partial charge < -0.3 is 10.5 Å². The number of nitrogens with zero attached hydrogens (tertiary/aromatic N) is 1. The molecule has 0 spiro atoms. The van der Waals surface area contributed by atoms with Crippen molar-refractivity contribution in [3.05, 3.63) is 52.5 Å². The van der Waals surface area contributed by atoms with E-state index in [9.17, 15) is 13.2 Å². The number of hydrogen-bond donors (Lipinski definition) is 1. The highest BCUT2D eigenvalue weighted by Gasteiger charge is 2.31. The van der Waals surface area contributed by atoms with Crippen LogP contribution >= 0.6 is 11.6 Å². The molecule has 0 amide bonds. The Kier molecular flexibility index (Phi) is 3.96. The van der Waals surface area contributed by atoms with Crippen LogP contribution in [0.3, 0.4) is 0 Å². The molecule has 2 N–H and O–H groups in total. The van der Waals surface area contributed by atoms with E-state index in [1.54, 1.807) is 0 Å². The zero-order valence-electron chi connectivity index (χ0n) is 10.4. The maximum atomic E-state index is 12.5. The molecule has 0 bridgehead atoms. The Balaban J connectivity index is 2.31. The average molecular weight is 313 g/mol. The summed E-state index contributed by atoms with van der Waals surface area (Å²) in [7, 11) is 0. The third kappa shape index (κ3) is 3.38. The maximum Gasteiger partial charge on any atom is 0.416 e. The number of benzene rings is 2. The Morgan fingerprint density at radius 1 is 1.10 bits per heavy atom. The second-order valence-corrected chi connectivity index (χ2v) is 4.52. The molecule has 0 atom stereocenters. The molecule has 0 aliphatic carbocycles. The summed E-state index contributed by atoms with van der Waals surface area (Å²) >= 11 is 5.92. The van der Waals surface area contributed by atoms with E-state index in [1.807, 2.05) is 6.07 Å². The van der Waals surface area contributed by atoms with E-state index in [-0.39, 0.29) is 22.2 Å². The minimum absolute atomic E-state index is 0.0506. The fraction of sp³-hybridized carbons (Fsp3) is 0.0714. The summed E-state index contributed by atoms with van der Waals surface area (Å²) in [5.74, 6) is 0.247. The van der Waals surface area contributed by atoms with Crippen molar-refractivity contribution in [2.75, 3.05) is 5.73 Å². The smallest absolute Gasteiger partial charge is 0.416 e. The molecule has 2 rings (SSSR count). The van der Waals surface area contributed by atoms with E-state index in [0.29, 0.717) is 5.56 Å². The third-order valence-electron chi connectivity index (χ3n) is 2.62. The summed E-state index contributed by atoms with van der Waals surface area (Å²) in [5.41, 5.74) is 4.87. The molecule has 2 aromatic carbocycles. The van der Waals surface area contributed by atoms with Gasteiger partial charge in [0.25, 0.3) is 0 Å². The molecule has 2 aromatic rings. The molecule has 0 aliphatic rings. The maximum absolute atomic E-state index is 12.5. The molecule has 21 heavy (non-hydrogen) atoms. The molecule has 0 fully saturated rings. The van der Waals surface area contributed by atoms with Gasteiger partial charge in [-0.25, -0.2) is 0 Å². The molecule has 7 heteroatoms. The van der Waals surface area contributed by atoms with Gasteiger partial charge in [-0.15, -0.1) is 0 Å². The van der Waals surface area contributed by atoms with Gasteiger partial charge in [0.15, 0.2) is 0 Å². The second kappa shape index (κ2) is 5.54. The van der Waals surface area contributed by atoms with Gasteiger partial charge in [-0.05, 0) is 36.4 Å². The largest absolute Gasteiger partial charge is 0.454 e. The lowest BCUT2D eigenvalue weighted by atomic mass is 10.2. The number of hydrogen-bond acceptors (Lipinski definition) is 3. The van der Waals surface area contributed by atoms with Gasteiger partial charge in [0.1, 0.15) is 11.5 Å². The van der Waals surface area contributed by atoms with Gasteiger partial charge >= 0.3 is 6.18 Å². The Morgan fingerprint density at radius 3 is 2.29 bits per heavy atom. The van der Waals surface area contributed by atoms with Crippen molar-refractivity contribution in [1.29, 1.82) is 5.26 Å². The van der Waals surface area contributed by atoms with Crippen LogP contribution in [-0.2, 0) is 6.18 Å². The molecule has 0 heterocycles. The van der Waals surface area contributed by atoms with Crippen LogP contribution in [0.25, 0.3) is 0 Å². The van der Waals surface area contributed by atoms with Gasteiger partial charge in [0, 0.05) is 0 Å². The highest BCUT2D eigenvalue weighted by Crippen LogP contribution is 2.37. The quantitative estimate of drug-likeness (QED) is 0.824. The van der Waals surface area contributed by atoms with Crippen molar-refractivity contribution in [2.24, 2.45) is 0 Å². The second-order valence-electron chi connectivity index (χ2n) is 4.11. The fourth-order valence-corrected chi connectivity index (χ4v) is 1.81. The predicted octanol–water partition coefficient (Wildman–Crippen LogP) is 4.60. The number of nitriles is 1. The van der Waals surface area contributed by atoms with Crippen molar-refractivity contribution in [1.82, 2.24) is 0 Å². The zero-order valence-corrected chi connectivity index (χ0v) is 11.2. The Labute approximate surface area is 123 Å². The van der Waals surface area contributed by atoms with Crippen LogP contribution in [0.15, 0.2) is 36.4 Å². The Hall–Kier alpha value is -2.39. The van der Waals surface area contributed by atoms with Gasteiger partial charge in [-0.1, -0.05) is 11.6 Å². The first-order valence-corrected chi connectivity index (χ1v) is 6.03. The van der Waals surface area contributed by atoms with Crippen molar-refractivity contribution in [3.8, 4) is 17.6 Å². The molecule has 0 aliphatic heterocycles. The number of nitrogen functional groups attached to an aromatic ring is 1. The summed E-state index contributed by atoms with van der Waals surface area (Å²) in [6.07, 6.45) is -4.47. The minimum atomic E-state index is -4.47. The number of nitrogens with two attached hydrogens (primary N) is 1. The first-order chi connectivity index (χ1) is 9.81. The van der Waals surface area contributed by atoms with Gasteiger partial charge in [-0.3, -0.25) is 0 Å². The molecule has 0 saturated heterocycles. The molecule has 0 saturated carbocycles. The Bertz CT molecular complexity index is 723. The van der Waals surface area contributed by atoms with Crippen LogP contribution in [0.1, 0.15) is 11.1 Å². The van der Waals surface area contributed by atoms with E-state index >= 15 is 0 Å². The van der Waals surface area contributed by atoms with Crippen LogP contribution in [0.4, 0.5) is 18.9 Å². The molecule has 108 valence electrons. The highest BCUT2D eigenvalue weighted by molar-refractivity contribution is 6.32. The summed E-state index contributed by atoms with van der Waals surface area (Å²) < 4.78 is 43.0. The number of anilines is 1. The van der Waals surface area contributed by atoms with Crippen molar-refractivity contribution in [2.45, 2.75) is 6.18 Å². The van der Waals surface area contributed by atoms with Gasteiger partial charge in [-0.2, -0.15) is 18.4 Å². The number of alkyl halides is 3. The standard InChI is InChI=1S/C14H8ClF3N2O/c15-10-5-8(7-19)1-3-12(10)21-13-4-2-9(6-11(13)20)14(16,17)18/h1-6H,20H2. The van der Waals surface area contributed by atoms with Crippen LogP contribution in [0.5, 0.6) is 11.5 Å². The fourth-order valence-electron chi connectivity index (χ4n) is 1.59. The van der Waals surface area contributed by atoms with E-state index in [2.05, 4.69) is 0 Å². The molecule has 0 aromatic heterocycles. The predicted molar refractivity (Wildman–Crippen MR) is 72.1 cm³/mol. The molecule has 0 unspecified atom stereocenters. The third-order valence-corrected chi connectivity index (χ3v) is 2.91. The SMILES string of the molecule is N#Cc1ccc(Oc2ccc(C(F)(F)F)cc2N)c(Cl)c1. The minimum Gasteiger partial charge on any atom is -0.454 e. The van der Waals surface area contributed by atoms with Crippen LogP contribution < -0.4 is 10.5 Å². The first kappa shape index (κ1) is 15.0. The molecular formula is C14H8ClF3N2O. The lowest BCUT2D eigenvalue weighted by Crippen LogP contribution is -2.06. The van der Waals surface area contributed by atoms with Crippen molar-refractivity contribution in [3.63, 3.8) is 0 Å². The van der Waals surface area contributed by atoms with Gasteiger partial charge in [0.2, 0.25) is 0 Å². The van der Waals surface area contributed by atoms with E-state index in [1.165, 1.54) is 18.2 Å². The van der Waals surface area contributed by atoms with Crippen molar-refractivity contribution >= 4 is 17.3 Å². The summed E-state index contributed by atoms with van der Waals surface area (Å²) in [4.78, 5) is 0.